The van der Waals surface area contributed by atoms with Crippen LogP contribution in [0.4, 0.5) is 9.52 Å². The van der Waals surface area contributed by atoms with Crippen LogP contribution in [0.25, 0.3) is 0 Å². The zero-order valence-corrected chi connectivity index (χ0v) is 17.6. The molecule has 1 aromatic heterocycles. The lowest BCUT2D eigenvalue weighted by Gasteiger charge is -2.55. The maximum Gasteiger partial charge on any atom is 0.245 e. The van der Waals surface area contributed by atoms with E-state index in [1.54, 1.807) is 18.3 Å². The monoisotopic (exact) mass is 427 g/mol. The van der Waals surface area contributed by atoms with Crippen molar-refractivity contribution < 1.29 is 14.0 Å². The number of carbonyl (C=O) groups is 2. The Kier molecular flexibility index (Phi) is 5.09. The highest BCUT2D eigenvalue weighted by Crippen LogP contribution is 2.60. The molecule has 2 amide bonds. The molecular weight excluding hydrogens is 401 g/mol. The van der Waals surface area contributed by atoms with Crippen LogP contribution < -0.4 is 10.6 Å². The average Bonchev–Trinajstić information content (AvgIpc) is 3.13. The Hall–Kier alpha value is -2.28. The fraction of sp³-hybridized carbons (Fsp3) is 0.522. The van der Waals surface area contributed by atoms with E-state index in [1.807, 2.05) is 0 Å². The van der Waals surface area contributed by atoms with Gasteiger partial charge in [-0.05, 0) is 74.0 Å². The third-order valence-electron chi connectivity index (χ3n) is 7.02. The molecule has 0 atom stereocenters. The molecule has 2 aromatic rings. The van der Waals surface area contributed by atoms with Crippen LogP contribution in [0.1, 0.15) is 49.0 Å². The Morgan fingerprint density at radius 1 is 1.07 bits per heavy atom. The Balaban J connectivity index is 1.13. The lowest BCUT2D eigenvalue weighted by molar-refractivity contribution is -0.146. The standard InChI is InChI=1S/C23H26FN3O2S/c24-18-3-1-14(2-4-18)8-19-12-26-22(30-19)27-20(28)13-25-21(29)23-9-15-5-16(10-23)7-17(6-15)11-23/h1-4,12,15-17H,5-11,13H2,(H,25,29)(H,26,27,28). The molecule has 0 saturated heterocycles. The predicted molar refractivity (Wildman–Crippen MR) is 114 cm³/mol. The summed E-state index contributed by atoms with van der Waals surface area (Å²) in [6.07, 6.45) is 9.20. The number of thiazole rings is 1. The third kappa shape index (κ3) is 4.00. The first kappa shape index (κ1) is 19.7. The van der Waals surface area contributed by atoms with E-state index in [0.717, 1.165) is 29.7 Å². The summed E-state index contributed by atoms with van der Waals surface area (Å²) in [5.74, 6) is 1.65. The Labute approximate surface area is 179 Å². The van der Waals surface area contributed by atoms with Crippen LogP contribution >= 0.6 is 11.3 Å². The fourth-order valence-corrected chi connectivity index (χ4v) is 7.01. The Morgan fingerprint density at radius 2 is 1.70 bits per heavy atom. The molecule has 0 aliphatic heterocycles. The van der Waals surface area contributed by atoms with E-state index >= 15 is 0 Å². The number of nitrogens with one attached hydrogen (secondary N) is 2. The highest BCUT2D eigenvalue weighted by Gasteiger charge is 2.54. The maximum absolute atomic E-state index is 13.0. The molecule has 1 heterocycles. The van der Waals surface area contributed by atoms with E-state index in [2.05, 4.69) is 15.6 Å². The van der Waals surface area contributed by atoms with E-state index in [0.29, 0.717) is 29.3 Å². The molecule has 0 unspecified atom stereocenters. The third-order valence-corrected chi connectivity index (χ3v) is 7.93. The van der Waals surface area contributed by atoms with Crippen molar-refractivity contribution in [1.82, 2.24) is 10.3 Å². The van der Waals surface area contributed by atoms with E-state index in [9.17, 15) is 14.0 Å². The van der Waals surface area contributed by atoms with E-state index < -0.39 is 0 Å². The van der Waals surface area contributed by atoms with Gasteiger partial charge in [0.2, 0.25) is 11.8 Å². The summed E-state index contributed by atoms with van der Waals surface area (Å²) < 4.78 is 13.0. The van der Waals surface area contributed by atoms with Crippen molar-refractivity contribution in [2.24, 2.45) is 23.2 Å². The minimum atomic E-state index is -0.258. The summed E-state index contributed by atoms with van der Waals surface area (Å²) in [5, 5.41) is 6.20. The molecule has 5 nitrogen and oxygen atoms in total. The maximum atomic E-state index is 13.0. The van der Waals surface area contributed by atoms with Crippen LogP contribution in [-0.4, -0.2) is 23.3 Å². The highest BCUT2D eigenvalue weighted by molar-refractivity contribution is 7.15. The number of aromatic nitrogens is 1. The summed E-state index contributed by atoms with van der Waals surface area (Å²) in [6, 6.07) is 6.36. The van der Waals surface area contributed by atoms with Gasteiger partial charge >= 0.3 is 0 Å². The quantitative estimate of drug-likeness (QED) is 0.728. The number of rotatable bonds is 6. The van der Waals surface area contributed by atoms with Crippen LogP contribution in [0.3, 0.4) is 0 Å². The number of halogens is 1. The average molecular weight is 428 g/mol. The summed E-state index contributed by atoms with van der Waals surface area (Å²) in [6.45, 7) is -0.0204. The molecule has 4 aliphatic rings. The van der Waals surface area contributed by atoms with Gasteiger partial charge in [-0.25, -0.2) is 9.37 Å². The summed E-state index contributed by atoms with van der Waals surface area (Å²) in [7, 11) is 0. The number of anilines is 1. The van der Waals surface area contributed by atoms with Crippen molar-refractivity contribution in [1.29, 1.82) is 0 Å². The SMILES string of the molecule is O=C(CNC(=O)C12CC3CC(CC(C3)C1)C2)Nc1ncc(Cc2ccc(F)cc2)s1. The van der Waals surface area contributed by atoms with Gasteiger partial charge in [-0.2, -0.15) is 0 Å². The van der Waals surface area contributed by atoms with Crippen molar-refractivity contribution >= 4 is 28.3 Å². The molecule has 4 fully saturated rings. The van der Waals surface area contributed by atoms with Gasteiger partial charge in [0.15, 0.2) is 5.13 Å². The van der Waals surface area contributed by atoms with Crippen LogP contribution in [0.15, 0.2) is 30.5 Å². The topological polar surface area (TPSA) is 71.1 Å². The molecule has 4 bridgehead atoms. The molecule has 0 spiro atoms. The second-order valence-corrected chi connectivity index (χ2v) is 10.5. The number of amides is 2. The molecule has 30 heavy (non-hydrogen) atoms. The van der Waals surface area contributed by atoms with Crippen LogP contribution in [0.5, 0.6) is 0 Å². The van der Waals surface area contributed by atoms with E-state index in [1.165, 1.54) is 42.7 Å². The van der Waals surface area contributed by atoms with Crippen LogP contribution in [-0.2, 0) is 16.0 Å². The number of hydrogen-bond acceptors (Lipinski definition) is 4. The minimum Gasteiger partial charge on any atom is -0.347 e. The molecule has 158 valence electrons. The lowest BCUT2D eigenvalue weighted by atomic mass is 9.49. The molecule has 6 rings (SSSR count). The zero-order chi connectivity index (χ0) is 20.7. The van der Waals surface area contributed by atoms with E-state index in [-0.39, 0.29) is 29.6 Å². The minimum absolute atomic E-state index is 0.0204. The van der Waals surface area contributed by atoms with Gasteiger partial charge in [0.05, 0.1) is 6.54 Å². The first-order valence-electron chi connectivity index (χ1n) is 10.7. The zero-order valence-electron chi connectivity index (χ0n) is 16.8. The first-order valence-corrected chi connectivity index (χ1v) is 11.6. The number of hydrogen-bond donors (Lipinski definition) is 2. The van der Waals surface area contributed by atoms with Gasteiger partial charge in [-0.3, -0.25) is 9.59 Å². The smallest absolute Gasteiger partial charge is 0.245 e. The van der Waals surface area contributed by atoms with Crippen LogP contribution in [0.2, 0.25) is 0 Å². The second kappa shape index (κ2) is 7.76. The van der Waals surface area contributed by atoms with Gasteiger partial charge in [-0.15, -0.1) is 11.3 Å². The van der Waals surface area contributed by atoms with Gasteiger partial charge in [0.1, 0.15) is 5.82 Å². The first-order chi connectivity index (χ1) is 14.5. The Morgan fingerprint density at radius 3 is 2.33 bits per heavy atom. The lowest BCUT2D eigenvalue weighted by Crippen LogP contribution is -2.54. The normalized spacial score (nSPS) is 29.0. The molecule has 2 N–H and O–H groups in total. The van der Waals surface area contributed by atoms with Crippen molar-refractivity contribution in [2.45, 2.75) is 44.9 Å². The number of benzene rings is 1. The Bertz CT molecular complexity index is 920. The number of nitrogens with zero attached hydrogens (tertiary/aromatic N) is 1. The summed E-state index contributed by atoms with van der Waals surface area (Å²) in [4.78, 5) is 30.5. The van der Waals surface area contributed by atoms with E-state index in [4.69, 9.17) is 0 Å². The van der Waals surface area contributed by atoms with Crippen LogP contribution in [0, 0.1) is 29.0 Å². The highest BCUT2D eigenvalue weighted by atomic mass is 32.1. The van der Waals surface area contributed by atoms with Crippen molar-refractivity contribution in [2.75, 3.05) is 11.9 Å². The molecule has 4 saturated carbocycles. The molecular formula is C23H26FN3O2S. The van der Waals surface area contributed by atoms with Gasteiger partial charge < -0.3 is 10.6 Å². The molecule has 1 aromatic carbocycles. The largest absolute Gasteiger partial charge is 0.347 e. The van der Waals surface area contributed by atoms with Crippen molar-refractivity contribution in [3.05, 3.63) is 46.7 Å². The fourth-order valence-electron chi connectivity index (χ4n) is 6.15. The molecule has 7 heteroatoms. The number of carbonyl (C=O) groups excluding carboxylic acids is 2. The van der Waals surface area contributed by atoms with Crippen molar-refractivity contribution in [3.63, 3.8) is 0 Å². The summed E-state index contributed by atoms with van der Waals surface area (Å²) >= 11 is 1.39. The van der Waals surface area contributed by atoms with Gasteiger partial charge in [0, 0.05) is 22.9 Å². The molecule has 0 radical (unpaired) electrons. The van der Waals surface area contributed by atoms with Gasteiger partial charge in [0.25, 0.3) is 0 Å². The second-order valence-electron chi connectivity index (χ2n) is 9.36. The van der Waals surface area contributed by atoms with Gasteiger partial charge in [-0.1, -0.05) is 12.1 Å². The molecule has 4 aliphatic carbocycles. The summed E-state index contributed by atoms with van der Waals surface area (Å²) in [5.41, 5.74) is 0.749. The van der Waals surface area contributed by atoms with Crippen molar-refractivity contribution in [3.8, 4) is 0 Å². The predicted octanol–water partition coefficient (Wildman–Crippen LogP) is 4.14.